The van der Waals surface area contributed by atoms with Gasteiger partial charge in [0.1, 0.15) is 0 Å². The minimum atomic E-state index is 0.0933. The monoisotopic (exact) mass is 300 g/mol. The Bertz CT molecular complexity index is 514. The fraction of sp³-hybridized carbons (Fsp3) is 0.632. The first-order chi connectivity index (χ1) is 10.7. The maximum atomic E-state index is 12.5. The number of carbonyl (C=O) groups is 1. The van der Waals surface area contributed by atoms with Crippen molar-refractivity contribution in [1.29, 1.82) is 0 Å². The van der Waals surface area contributed by atoms with Crippen LogP contribution in [0.1, 0.15) is 61.4 Å². The molecular weight excluding hydrogens is 272 g/mol. The van der Waals surface area contributed by atoms with E-state index in [1.807, 2.05) is 31.2 Å². The largest absolute Gasteiger partial charge is 0.349 e. The van der Waals surface area contributed by atoms with Gasteiger partial charge >= 0.3 is 0 Å². The van der Waals surface area contributed by atoms with E-state index >= 15 is 0 Å². The van der Waals surface area contributed by atoms with Crippen molar-refractivity contribution in [2.24, 2.45) is 0 Å². The molecule has 0 aromatic heterocycles. The Morgan fingerprint density at radius 1 is 1.27 bits per heavy atom. The Labute approximate surface area is 134 Å². The average molecular weight is 300 g/mol. The van der Waals surface area contributed by atoms with Crippen LogP contribution in [0, 0.1) is 6.92 Å². The summed E-state index contributed by atoms with van der Waals surface area (Å²) in [6.07, 6.45) is 7.42. The molecule has 2 bridgehead atoms. The van der Waals surface area contributed by atoms with Crippen LogP contribution in [0.2, 0.25) is 0 Å². The summed E-state index contributed by atoms with van der Waals surface area (Å²) in [7, 11) is 0. The number of rotatable bonds is 4. The molecule has 1 N–H and O–H groups in total. The number of nitrogens with one attached hydrogen (secondary N) is 1. The van der Waals surface area contributed by atoms with E-state index in [9.17, 15) is 4.79 Å². The van der Waals surface area contributed by atoms with Gasteiger partial charge in [-0.15, -0.1) is 0 Å². The van der Waals surface area contributed by atoms with Gasteiger partial charge in [0.25, 0.3) is 5.91 Å². The molecule has 3 heteroatoms. The van der Waals surface area contributed by atoms with Crippen LogP contribution in [0.25, 0.3) is 0 Å². The molecule has 0 spiro atoms. The van der Waals surface area contributed by atoms with Gasteiger partial charge in [-0.3, -0.25) is 9.69 Å². The zero-order chi connectivity index (χ0) is 15.5. The van der Waals surface area contributed by atoms with Crippen molar-refractivity contribution in [3.05, 3.63) is 35.4 Å². The van der Waals surface area contributed by atoms with Crippen LogP contribution in [0.5, 0.6) is 0 Å². The van der Waals surface area contributed by atoms with Gasteiger partial charge in [-0.1, -0.05) is 31.0 Å². The first kappa shape index (κ1) is 15.5. The number of benzene rings is 1. The van der Waals surface area contributed by atoms with E-state index in [2.05, 4.69) is 17.1 Å². The lowest BCUT2D eigenvalue weighted by atomic mass is 9.81. The van der Waals surface area contributed by atoms with Crippen molar-refractivity contribution in [2.75, 3.05) is 6.54 Å². The molecule has 120 valence electrons. The number of fused-ring (bicyclic) bond motifs is 2. The highest BCUT2D eigenvalue weighted by molar-refractivity contribution is 5.94. The smallest absolute Gasteiger partial charge is 0.251 e. The van der Waals surface area contributed by atoms with Crippen molar-refractivity contribution < 1.29 is 4.79 Å². The van der Waals surface area contributed by atoms with Gasteiger partial charge < -0.3 is 5.32 Å². The summed E-state index contributed by atoms with van der Waals surface area (Å²) in [6, 6.07) is 9.58. The van der Waals surface area contributed by atoms with E-state index in [0.29, 0.717) is 18.1 Å². The standard InChI is InChI=1S/C19H28N2O/c1-3-10-21-17-8-5-9-18(21)13-16(12-17)20-19(22)15-7-4-6-14(2)11-15/h4,6-7,11,16-18H,3,5,8-10,12-13H2,1-2H3,(H,20,22)/t16?,17-,18+. The summed E-state index contributed by atoms with van der Waals surface area (Å²) in [5.74, 6) is 0.0933. The third kappa shape index (κ3) is 3.35. The van der Waals surface area contributed by atoms with Crippen LogP contribution >= 0.6 is 0 Å². The summed E-state index contributed by atoms with van der Waals surface area (Å²) in [6.45, 7) is 5.51. The Balaban J connectivity index is 1.63. The van der Waals surface area contributed by atoms with Crippen molar-refractivity contribution in [2.45, 2.75) is 70.5 Å². The quantitative estimate of drug-likeness (QED) is 0.922. The Morgan fingerprint density at radius 3 is 2.64 bits per heavy atom. The number of amides is 1. The number of hydrogen-bond acceptors (Lipinski definition) is 2. The zero-order valence-electron chi connectivity index (χ0n) is 13.8. The molecule has 2 fully saturated rings. The number of aryl methyl sites for hydroxylation is 1. The van der Waals surface area contributed by atoms with E-state index in [0.717, 1.165) is 24.0 Å². The Kier molecular flexibility index (Phi) is 4.82. The van der Waals surface area contributed by atoms with Crippen molar-refractivity contribution in [3.8, 4) is 0 Å². The van der Waals surface area contributed by atoms with E-state index < -0.39 is 0 Å². The lowest BCUT2D eigenvalue weighted by Gasteiger charge is -2.49. The van der Waals surface area contributed by atoms with Crippen molar-refractivity contribution >= 4 is 5.91 Å². The number of hydrogen-bond donors (Lipinski definition) is 1. The molecule has 1 aromatic carbocycles. The highest BCUT2D eigenvalue weighted by atomic mass is 16.1. The zero-order valence-corrected chi connectivity index (χ0v) is 13.8. The van der Waals surface area contributed by atoms with Crippen molar-refractivity contribution in [3.63, 3.8) is 0 Å². The molecule has 0 saturated carbocycles. The summed E-state index contributed by atoms with van der Waals surface area (Å²) >= 11 is 0. The fourth-order valence-corrected chi connectivity index (χ4v) is 4.27. The van der Waals surface area contributed by atoms with Gasteiger partial charge in [0.05, 0.1) is 0 Å². The highest BCUT2D eigenvalue weighted by Crippen LogP contribution is 2.34. The van der Waals surface area contributed by atoms with Gasteiger partial charge in [0.2, 0.25) is 0 Å². The predicted octanol–water partition coefficient (Wildman–Crippen LogP) is 3.52. The minimum Gasteiger partial charge on any atom is -0.349 e. The molecule has 1 aromatic rings. The minimum absolute atomic E-state index is 0.0933. The predicted molar refractivity (Wildman–Crippen MR) is 90.1 cm³/mol. The topological polar surface area (TPSA) is 32.3 Å². The molecule has 2 aliphatic rings. The van der Waals surface area contributed by atoms with Gasteiger partial charge in [0.15, 0.2) is 0 Å². The van der Waals surface area contributed by atoms with Crippen LogP contribution in [0.3, 0.4) is 0 Å². The van der Waals surface area contributed by atoms with Crippen LogP contribution in [0.15, 0.2) is 24.3 Å². The maximum Gasteiger partial charge on any atom is 0.251 e. The van der Waals surface area contributed by atoms with Gasteiger partial charge in [0, 0.05) is 23.7 Å². The SMILES string of the molecule is CCCN1[C@@H]2CCC[C@H]1CC(NC(=O)c1cccc(C)c1)C2. The van der Waals surface area contributed by atoms with E-state index in [1.165, 1.54) is 32.2 Å². The Morgan fingerprint density at radius 2 is 2.00 bits per heavy atom. The highest BCUT2D eigenvalue weighted by Gasteiger charge is 2.38. The first-order valence-corrected chi connectivity index (χ1v) is 8.80. The second kappa shape index (κ2) is 6.82. The molecule has 2 saturated heterocycles. The molecular formula is C19H28N2O. The Hall–Kier alpha value is -1.35. The molecule has 0 aliphatic carbocycles. The third-order valence-electron chi connectivity index (χ3n) is 5.22. The molecule has 2 heterocycles. The molecule has 1 amide bonds. The average Bonchev–Trinajstić information content (AvgIpc) is 2.48. The lowest BCUT2D eigenvalue weighted by Crippen LogP contribution is -2.57. The summed E-state index contributed by atoms with van der Waals surface area (Å²) in [4.78, 5) is 15.2. The van der Waals surface area contributed by atoms with E-state index in [-0.39, 0.29) is 5.91 Å². The van der Waals surface area contributed by atoms with Crippen LogP contribution in [0.4, 0.5) is 0 Å². The van der Waals surface area contributed by atoms with E-state index in [4.69, 9.17) is 0 Å². The maximum absolute atomic E-state index is 12.5. The van der Waals surface area contributed by atoms with Crippen LogP contribution < -0.4 is 5.32 Å². The molecule has 22 heavy (non-hydrogen) atoms. The van der Waals surface area contributed by atoms with Gasteiger partial charge in [-0.25, -0.2) is 0 Å². The molecule has 3 rings (SSSR count). The second-order valence-electron chi connectivity index (χ2n) is 6.99. The van der Waals surface area contributed by atoms with Gasteiger partial charge in [-0.2, -0.15) is 0 Å². The lowest BCUT2D eigenvalue weighted by molar-refractivity contribution is 0.0245. The summed E-state index contributed by atoms with van der Waals surface area (Å²) < 4.78 is 0. The number of nitrogens with zero attached hydrogens (tertiary/aromatic N) is 1. The molecule has 1 unspecified atom stereocenters. The van der Waals surface area contributed by atoms with E-state index in [1.54, 1.807) is 0 Å². The van der Waals surface area contributed by atoms with Crippen molar-refractivity contribution in [1.82, 2.24) is 10.2 Å². The van der Waals surface area contributed by atoms with Crippen LogP contribution in [-0.4, -0.2) is 35.5 Å². The number of piperidine rings is 2. The molecule has 3 nitrogen and oxygen atoms in total. The fourth-order valence-electron chi connectivity index (χ4n) is 4.27. The normalized spacial score (nSPS) is 28.4. The number of carbonyl (C=O) groups excluding carboxylic acids is 1. The molecule has 0 radical (unpaired) electrons. The molecule has 3 atom stereocenters. The van der Waals surface area contributed by atoms with Gasteiger partial charge in [-0.05, 0) is 57.7 Å². The second-order valence-corrected chi connectivity index (χ2v) is 6.99. The summed E-state index contributed by atoms with van der Waals surface area (Å²) in [5, 5.41) is 3.29. The third-order valence-corrected chi connectivity index (χ3v) is 5.22. The molecule has 2 aliphatic heterocycles. The first-order valence-electron chi connectivity index (χ1n) is 8.80. The van der Waals surface area contributed by atoms with Crippen LogP contribution in [-0.2, 0) is 0 Å². The summed E-state index contributed by atoms with van der Waals surface area (Å²) in [5.41, 5.74) is 1.93.